The van der Waals surface area contributed by atoms with Gasteiger partial charge in [-0.1, -0.05) is 5.92 Å². The zero-order valence-electron chi connectivity index (χ0n) is 7.49. The molecule has 0 unspecified atom stereocenters. The van der Waals surface area contributed by atoms with E-state index < -0.39 is 0 Å². The molecule has 0 saturated carbocycles. The minimum atomic E-state index is 0.560. The Balaban J connectivity index is 2.43. The molecule has 5 nitrogen and oxygen atoms in total. The lowest BCUT2D eigenvalue weighted by atomic mass is 10.3. The number of hydrogen-bond donors (Lipinski definition) is 2. The van der Waals surface area contributed by atoms with Crippen molar-refractivity contribution in [3.63, 3.8) is 0 Å². The van der Waals surface area contributed by atoms with Gasteiger partial charge >= 0.3 is 0 Å². The lowest BCUT2D eigenvalue weighted by Crippen LogP contribution is -1.95. The summed E-state index contributed by atoms with van der Waals surface area (Å²) in [7, 11) is 0. The second-order valence-electron chi connectivity index (χ2n) is 2.66. The molecular formula is C9H9N5. The van der Waals surface area contributed by atoms with Gasteiger partial charge in [0, 0.05) is 13.0 Å². The van der Waals surface area contributed by atoms with E-state index in [0.717, 1.165) is 5.52 Å². The fourth-order valence-corrected chi connectivity index (χ4v) is 1.08. The monoisotopic (exact) mass is 187 g/mol. The van der Waals surface area contributed by atoms with Crippen molar-refractivity contribution in [2.75, 3.05) is 6.54 Å². The van der Waals surface area contributed by atoms with Crippen LogP contribution in [0.4, 0.5) is 0 Å². The lowest BCUT2D eigenvalue weighted by Gasteiger charge is -1.90. The summed E-state index contributed by atoms with van der Waals surface area (Å²) in [5.74, 6) is 5.84. The van der Waals surface area contributed by atoms with Gasteiger partial charge in [0.15, 0.2) is 5.65 Å². The molecule has 0 aromatic carbocycles. The molecule has 0 radical (unpaired) electrons. The molecule has 0 saturated heterocycles. The lowest BCUT2D eigenvalue weighted by molar-refractivity contribution is 1.03. The third-order valence-corrected chi connectivity index (χ3v) is 1.70. The molecule has 0 bridgehead atoms. The van der Waals surface area contributed by atoms with Crippen molar-refractivity contribution >= 4 is 11.2 Å². The molecule has 0 aliphatic heterocycles. The molecule has 2 heterocycles. The molecule has 0 spiro atoms. The SMILES string of the molecule is NCCC#Cc1ncnc2nc[nH]c12. The van der Waals surface area contributed by atoms with E-state index in [4.69, 9.17) is 5.73 Å². The summed E-state index contributed by atoms with van der Waals surface area (Å²) in [5.41, 5.74) is 7.41. The number of nitrogens with one attached hydrogen (secondary N) is 1. The predicted molar refractivity (Wildman–Crippen MR) is 52.2 cm³/mol. The topological polar surface area (TPSA) is 80.5 Å². The number of aromatic nitrogens is 4. The van der Waals surface area contributed by atoms with Crippen LogP contribution in [-0.2, 0) is 0 Å². The maximum Gasteiger partial charge on any atom is 0.181 e. The first-order chi connectivity index (χ1) is 6.92. The Morgan fingerprint density at radius 1 is 1.36 bits per heavy atom. The number of H-pyrrole nitrogens is 1. The standard InChI is InChI=1S/C9H9N5/c10-4-2-1-3-7-8-9(13-5-11-7)14-6-12-8/h5-6H,2,4,10H2,(H,11,12,13,14). The highest BCUT2D eigenvalue weighted by Gasteiger charge is 2.01. The Hall–Kier alpha value is -1.93. The van der Waals surface area contributed by atoms with Crippen LogP contribution in [0.2, 0.25) is 0 Å². The maximum atomic E-state index is 5.33. The average Bonchev–Trinajstić information content (AvgIpc) is 2.67. The number of nitrogens with zero attached hydrogens (tertiary/aromatic N) is 3. The first kappa shape index (κ1) is 8.66. The molecule has 2 aromatic heterocycles. The number of nitrogens with two attached hydrogens (primary N) is 1. The Kier molecular flexibility index (Phi) is 2.38. The number of imidazole rings is 1. The zero-order chi connectivity index (χ0) is 9.80. The van der Waals surface area contributed by atoms with Gasteiger partial charge in [-0.2, -0.15) is 0 Å². The third kappa shape index (κ3) is 1.56. The minimum absolute atomic E-state index is 0.560. The molecule has 14 heavy (non-hydrogen) atoms. The van der Waals surface area contributed by atoms with Crippen molar-refractivity contribution < 1.29 is 0 Å². The van der Waals surface area contributed by atoms with E-state index >= 15 is 0 Å². The number of rotatable bonds is 1. The smallest absolute Gasteiger partial charge is 0.181 e. The van der Waals surface area contributed by atoms with Crippen molar-refractivity contribution in [1.29, 1.82) is 0 Å². The molecule has 0 aliphatic rings. The van der Waals surface area contributed by atoms with E-state index in [1.165, 1.54) is 6.33 Å². The summed E-state index contributed by atoms with van der Waals surface area (Å²) in [4.78, 5) is 15.0. The molecular weight excluding hydrogens is 178 g/mol. The van der Waals surface area contributed by atoms with Gasteiger partial charge in [-0.25, -0.2) is 15.0 Å². The van der Waals surface area contributed by atoms with Crippen LogP contribution in [0.5, 0.6) is 0 Å². The number of fused-ring (bicyclic) bond motifs is 1. The van der Waals surface area contributed by atoms with Crippen molar-refractivity contribution in [3.8, 4) is 11.8 Å². The summed E-state index contributed by atoms with van der Waals surface area (Å²) in [6.45, 7) is 0.560. The van der Waals surface area contributed by atoms with Crippen molar-refractivity contribution in [1.82, 2.24) is 19.9 Å². The summed E-state index contributed by atoms with van der Waals surface area (Å²) >= 11 is 0. The van der Waals surface area contributed by atoms with Gasteiger partial charge in [0.25, 0.3) is 0 Å². The Morgan fingerprint density at radius 3 is 3.14 bits per heavy atom. The van der Waals surface area contributed by atoms with Crippen molar-refractivity contribution in [2.45, 2.75) is 6.42 Å². The Labute approximate surface area is 80.8 Å². The third-order valence-electron chi connectivity index (χ3n) is 1.70. The second-order valence-corrected chi connectivity index (χ2v) is 2.66. The van der Waals surface area contributed by atoms with Crippen LogP contribution in [-0.4, -0.2) is 26.5 Å². The quantitative estimate of drug-likeness (QED) is 0.618. The molecule has 5 heteroatoms. The molecule has 0 aliphatic carbocycles. The van der Waals surface area contributed by atoms with Crippen LogP contribution in [0.3, 0.4) is 0 Å². The maximum absolute atomic E-state index is 5.33. The van der Waals surface area contributed by atoms with Crippen LogP contribution < -0.4 is 5.73 Å². The summed E-state index contributed by atoms with van der Waals surface area (Å²) < 4.78 is 0. The van der Waals surface area contributed by atoms with E-state index in [9.17, 15) is 0 Å². The van der Waals surface area contributed by atoms with E-state index in [1.807, 2.05) is 0 Å². The average molecular weight is 187 g/mol. The number of aromatic amines is 1. The minimum Gasteiger partial charge on any atom is -0.341 e. The van der Waals surface area contributed by atoms with Crippen molar-refractivity contribution in [2.24, 2.45) is 5.73 Å². The number of hydrogen-bond acceptors (Lipinski definition) is 4. The summed E-state index contributed by atoms with van der Waals surface area (Å²) in [6.07, 6.45) is 3.70. The van der Waals surface area contributed by atoms with Crippen LogP contribution in [0.15, 0.2) is 12.7 Å². The van der Waals surface area contributed by atoms with Gasteiger partial charge in [-0.3, -0.25) is 0 Å². The van der Waals surface area contributed by atoms with Crippen LogP contribution in [0, 0.1) is 11.8 Å². The molecule has 0 amide bonds. The second kappa shape index (κ2) is 3.85. The van der Waals surface area contributed by atoms with Crippen LogP contribution in [0.1, 0.15) is 12.1 Å². The normalized spacial score (nSPS) is 9.79. The fourth-order valence-electron chi connectivity index (χ4n) is 1.08. The molecule has 3 N–H and O–H groups in total. The van der Waals surface area contributed by atoms with E-state index in [1.54, 1.807) is 6.33 Å². The van der Waals surface area contributed by atoms with Gasteiger partial charge < -0.3 is 10.7 Å². The largest absolute Gasteiger partial charge is 0.341 e. The zero-order valence-corrected chi connectivity index (χ0v) is 7.49. The fraction of sp³-hybridized carbons (Fsp3) is 0.222. The highest BCUT2D eigenvalue weighted by molar-refractivity contribution is 5.75. The molecule has 0 atom stereocenters. The molecule has 2 rings (SSSR count). The molecule has 70 valence electrons. The van der Waals surface area contributed by atoms with Gasteiger partial charge in [0.1, 0.15) is 17.5 Å². The van der Waals surface area contributed by atoms with Crippen LogP contribution in [0.25, 0.3) is 11.2 Å². The highest BCUT2D eigenvalue weighted by Crippen LogP contribution is 2.07. The van der Waals surface area contributed by atoms with Gasteiger partial charge in [-0.05, 0) is 5.92 Å². The Bertz CT molecular complexity index is 490. The molecule has 0 fully saturated rings. The highest BCUT2D eigenvalue weighted by atomic mass is 15.0. The van der Waals surface area contributed by atoms with Gasteiger partial charge in [0.2, 0.25) is 0 Å². The van der Waals surface area contributed by atoms with E-state index in [2.05, 4.69) is 31.8 Å². The van der Waals surface area contributed by atoms with Crippen LogP contribution >= 0.6 is 0 Å². The van der Waals surface area contributed by atoms with Crippen molar-refractivity contribution in [3.05, 3.63) is 18.3 Å². The Morgan fingerprint density at radius 2 is 2.29 bits per heavy atom. The van der Waals surface area contributed by atoms with E-state index in [0.29, 0.717) is 24.3 Å². The first-order valence-corrected chi connectivity index (χ1v) is 4.25. The summed E-state index contributed by atoms with van der Waals surface area (Å²) in [6, 6.07) is 0. The summed E-state index contributed by atoms with van der Waals surface area (Å²) in [5, 5.41) is 0. The predicted octanol–water partition coefficient (Wildman–Crippen LogP) is 0.0532. The van der Waals surface area contributed by atoms with Gasteiger partial charge in [-0.15, -0.1) is 0 Å². The first-order valence-electron chi connectivity index (χ1n) is 4.25. The van der Waals surface area contributed by atoms with Gasteiger partial charge in [0.05, 0.1) is 6.33 Å². The molecule has 2 aromatic rings. The van der Waals surface area contributed by atoms with E-state index in [-0.39, 0.29) is 0 Å².